The molecule has 0 radical (unpaired) electrons. The largest absolute Gasteiger partial charge is 0.494 e. The highest BCUT2D eigenvalue weighted by Gasteiger charge is 2.33. The SMILES string of the molecule is CCOC(=O)C1=C(C)N=c2s/c(=C\c3c(OCc4ccc(F)cc4)ccc4ccccc34)c(=O)n2[C@@H]1c1ccc(OCC)cc1. The van der Waals surface area contributed by atoms with Crippen LogP contribution in [0.2, 0.25) is 0 Å². The highest BCUT2D eigenvalue weighted by Crippen LogP contribution is 2.32. The van der Waals surface area contributed by atoms with Gasteiger partial charge in [-0.3, -0.25) is 9.36 Å². The topological polar surface area (TPSA) is 79.1 Å². The lowest BCUT2D eigenvalue weighted by atomic mass is 9.96. The number of halogens is 1. The number of esters is 1. The van der Waals surface area contributed by atoms with E-state index in [1.807, 2.05) is 73.7 Å². The summed E-state index contributed by atoms with van der Waals surface area (Å²) in [6, 6.07) is 24.5. The van der Waals surface area contributed by atoms with E-state index in [-0.39, 0.29) is 24.6 Å². The van der Waals surface area contributed by atoms with Gasteiger partial charge in [-0.1, -0.05) is 65.9 Å². The molecule has 1 atom stereocenters. The first-order valence-electron chi connectivity index (χ1n) is 14.7. The van der Waals surface area contributed by atoms with Crippen molar-refractivity contribution < 1.29 is 23.4 Å². The van der Waals surface area contributed by atoms with Gasteiger partial charge in [0.15, 0.2) is 4.80 Å². The third-order valence-electron chi connectivity index (χ3n) is 7.54. The van der Waals surface area contributed by atoms with Gasteiger partial charge in [0.1, 0.15) is 23.9 Å². The molecule has 228 valence electrons. The molecule has 6 rings (SSSR count). The Morgan fingerprint density at radius 1 is 0.956 bits per heavy atom. The highest BCUT2D eigenvalue weighted by molar-refractivity contribution is 7.07. The van der Waals surface area contributed by atoms with Crippen LogP contribution in [-0.4, -0.2) is 23.8 Å². The van der Waals surface area contributed by atoms with Crippen LogP contribution in [0.3, 0.4) is 0 Å². The van der Waals surface area contributed by atoms with Crippen molar-refractivity contribution in [2.24, 2.45) is 4.99 Å². The van der Waals surface area contributed by atoms with Crippen LogP contribution in [0.15, 0.2) is 106 Å². The maximum Gasteiger partial charge on any atom is 0.338 e. The predicted molar refractivity (Wildman–Crippen MR) is 173 cm³/mol. The molecule has 0 fully saturated rings. The Morgan fingerprint density at radius 2 is 1.71 bits per heavy atom. The second-order valence-electron chi connectivity index (χ2n) is 10.4. The van der Waals surface area contributed by atoms with Crippen LogP contribution in [-0.2, 0) is 16.1 Å². The van der Waals surface area contributed by atoms with Gasteiger partial charge in [-0.25, -0.2) is 14.2 Å². The van der Waals surface area contributed by atoms with Crippen molar-refractivity contribution in [3.8, 4) is 11.5 Å². The molecule has 0 saturated heterocycles. The number of rotatable bonds is 9. The number of thiazole rings is 1. The molecule has 1 aromatic heterocycles. The van der Waals surface area contributed by atoms with Crippen LogP contribution in [0.25, 0.3) is 16.8 Å². The third-order valence-corrected chi connectivity index (χ3v) is 8.52. The molecule has 1 aliphatic rings. The zero-order valence-corrected chi connectivity index (χ0v) is 25.9. The molecule has 7 nitrogen and oxygen atoms in total. The molecule has 2 heterocycles. The van der Waals surface area contributed by atoms with Crippen molar-refractivity contribution in [2.75, 3.05) is 13.2 Å². The molecule has 9 heteroatoms. The Labute approximate surface area is 263 Å². The number of hydrogen-bond donors (Lipinski definition) is 0. The third kappa shape index (κ3) is 6.04. The monoisotopic (exact) mass is 622 g/mol. The quantitative estimate of drug-likeness (QED) is 0.187. The smallest absolute Gasteiger partial charge is 0.338 e. The number of benzene rings is 4. The number of ether oxygens (including phenoxy) is 3. The summed E-state index contributed by atoms with van der Waals surface area (Å²) < 4.78 is 32.7. The summed E-state index contributed by atoms with van der Waals surface area (Å²) in [7, 11) is 0. The Balaban J connectivity index is 1.50. The first-order valence-corrected chi connectivity index (χ1v) is 15.5. The fourth-order valence-corrected chi connectivity index (χ4v) is 6.47. The van der Waals surface area contributed by atoms with Crippen molar-refractivity contribution in [1.29, 1.82) is 0 Å². The summed E-state index contributed by atoms with van der Waals surface area (Å²) in [4.78, 5) is 32.7. The van der Waals surface area contributed by atoms with Gasteiger partial charge in [-0.15, -0.1) is 0 Å². The number of aromatic nitrogens is 1. The van der Waals surface area contributed by atoms with E-state index in [1.54, 1.807) is 30.5 Å². The van der Waals surface area contributed by atoms with E-state index in [0.717, 1.165) is 27.5 Å². The van der Waals surface area contributed by atoms with E-state index in [0.29, 0.717) is 38.7 Å². The lowest BCUT2D eigenvalue weighted by Gasteiger charge is -2.24. The van der Waals surface area contributed by atoms with Crippen LogP contribution < -0.4 is 24.4 Å². The first kappa shape index (κ1) is 30.0. The standard InChI is InChI=1S/C36H31FN2O5S/c1-4-42-27-17-12-25(13-18-27)33-32(35(41)43-5-2)22(3)38-36-39(33)34(40)31(45-36)20-29-28-9-7-6-8-24(28)14-19-30(29)44-21-23-10-15-26(37)16-11-23/h6-20,33H,4-5,21H2,1-3H3/b31-20-/t33-/m1/s1. The van der Waals surface area contributed by atoms with Crippen molar-refractivity contribution in [1.82, 2.24) is 4.57 Å². The minimum absolute atomic E-state index is 0.192. The van der Waals surface area contributed by atoms with Gasteiger partial charge in [0.05, 0.1) is 35.1 Å². The number of carbonyl (C=O) groups is 1. The Hall–Kier alpha value is -5.02. The molecule has 0 aliphatic carbocycles. The van der Waals surface area contributed by atoms with Gasteiger partial charge in [0.2, 0.25) is 0 Å². The molecular formula is C36H31FN2O5S. The number of allylic oxidation sites excluding steroid dienone is 1. The van der Waals surface area contributed by atoms with E-state index < -0.39 is 12.0 Å². The van der Waals surface area contributed by atoms with Gasteiger partial charge < -0.3 is 14.2 Å². The second kappa shape index (κ2) is 12.9. The van der Waals surface area contributed by atoms with Crippen LogP contribution in [0.1, 0.15) is 43.5 Å². The Kier molecular flexibility index (Phi) is 8.62. The van der Waals surface area contributed by atoms with Crippen molar-refractivity contribution in [2.45, 2.75) is 33.4 Å². The number of carbonyl (C=O) groups excluding carboxylic acids is 1. The van der Waals surface area contributed by atoms with Gasteiger partial charge in [0, 0.05) is 5.56 Å². The maximum atomic E-state index is 14.3. The van der Waals surface area contributed by atoms with Crippen molar-refractivity contribution in [3.05, 3.63) is 138 Å². The van der Waals surface area contributed by atoms with Crippen LogP contribution >= 0.6 is 11.3 Å². The molecule has 0 saturated carbocycles. The number of nitrogens with zero attached hydrogens (tertiary/aromatic N) is 2. The van der Waals surface area contributed by atoms with Crippen molar-refractivity contribution >= 4 is 34.2 Å². The summed E-state index contributed by atoms with van der Waals surface area (Å²) in [6.07, 6.45) is 1.82. The maximum absolute atomic E-state index is 14.3. The van der Waals surface area contributed by atoms with Crippen LogP contribution in [0.5, 0.6) is 11.5 Å². The minimum Gasteiger partial charge on any atom is -0.494 e. The van der Waals surface area contributed by atoms with E-state index in [1.165, 1.54) is 23.5 Å². The van der Waals surface area contributed by atoms with Crippen molar-refractivity contribution in [3.63, 3.8) is 0 Å². The average Bonchev–Trinajstić information content (AvgIpc) is 3.35. The number of hydrogen-bond acceptors (Lipinski definition) is 7. The zero-order chi connectivity index (χ0) is 31.5. The molecule has 4 aromatic carbocycles. The lowest BCUT2D eigenvalue weighted by Crippen LogP contribution is -2.39. The summed E-state index contributed by atoms with van der Waals surface area (Å²) >= 11 is 1.25. The molecule has 45 heavy (non-hydrogen) atoms. The van der Waals surface area contributed by atoms with Gasteiger partial charge in [0.25, 0.3) is 5.56 Å². The number of fused-ring (bicyclic) bond motifs is 2. The molecule has 1 aliphatic heterocycles. The van der Waals surface area contributed by atoms with E-state index in [9.17, 15) is 14.0 Å². The van der Waals surface area contributed by atoms with Gasteiger partial charge in [-0.05, 0) is 79.1 Å². The minimum atomic E-state index is -0.736. The highest BCUT2D eigenvalue weighted by atomic mass is 32.1. The van der Waals surface area contributed by atoms with Crippen LogP contribution in [0.4, 0.5) is 4.39 Å². The Morgan fingerprint density at radius 3 is 2.44 bits per heavy atom. The lowest BCUT2D eigenvalue weighted by molar-refractivity contribution is -0.139. The molecule has 0 unspecified atom stereocenters. The summed E-state index contributed by atoms with van der Waals surface area (Å²) in [5.41, 5.74) is 2.80. The summed E-state index contributed by atoms with van der Waals surface area (Å²) in [5.74, 6) is 0.439. The summed E-state index contributed by atoms with van der Waals surface area (Å²) in [5, 5.41) is 1.89. The molecule has 5 aromatic rings. The van der Waals surface area contributed by atoms with E-state index in [2.05, 4.69) is 0 Å². The van der Waals surface area contributed by atoms with Crippen LogP contribution in [0, 0.1) is 5.82 Å². The predicted octanol–water partition coefficient (Wildman–Crippen LogP) is 6.07. The normalized spacial score (nSPS) is 14.7. The summed E-state index contributed by atoms with van der Waals surface area (Å²) in [6.45, 7) is 6.35. The zero-order valence-electron chi connectivity index (χ0n) is 25.1. The Bertz CT molecular complexity index is 2100. The van der Waals surface area contributed by atoms with E-state index in [4.69, 9.17) is 19.2 Å². The average molecular weight is 623 g/mol. The molecule has 0 spiro atoms. The van der Waals surface area contributed by atoms with E-state index >= 15 is 0 Å². The molecule has 0 N–H and O–H groups in total. The molecule has 0 amide bonds. The molecular weight excluding hydrogens is 591 g/mol. The first-order chi connectivity index (χ1) is 21.9. The molecule has 0 bridgehead atoms. The second-order valence-corrected chi connectivity index (χ2v) is 11.4. The fraction of sp³-hybridized carbons (Fsp3) is 0.194. The fourth-order valence-electron chi connectivity index (χ4n) is 5.44. The van der Waals surface area contributed by atoms with Gasteiger partial charge >= 0.3 is 5.97 Å². The van der Waals surface area contributed by atoms with Gasteiger partial charge in [-0.2, -0.15) is 0 Å².